The normalized spacial score (nSPS) is 20.7. The molecule has 188 valence electrons. The van der Waals surface area contributed by atoms with Crippen molar-refractivity contribution < 1.29 is 28.7 Å². The van der Waals surface area contributed by atoms with Crippen LogP contribution in [0.4, 0.5) is 4.79 Å². The Morgan fingerprint density at radius 2 is 1.70 bits per heavy atom. The highest BCUT2D eigenvalue weighted by atomic mass is 16.6. The van der Waals surface area contributed by atoms with Crippen molar-refractivity contribution in [2.24, 2.45) is 17.8 Å². The summed E-state index contributed by atoms with van der Waals surface area (Å²) in [7, 11) is 1.33. The van der Waals surface area contributed by atoms with Crippen LogP contribution in [0, 0.1) is 17.8 Å². The summed E-state index contributed by atoms with van der Waals surface area (Å²) in [6.45, 7) is 9.95. The lowest BCUT2D eigenvalue weighted by molar-refractivity contribution is -0.144. The molecule has 0 aromatic carbocycles. The molecule has 0 aliphatic carbocycles. The molecule has 0 aromatic rings. The maximum atomic E-state index is 12.8. The molecular weight excluding hydrogens is 426 g/mol. The quantitative estimate of drug-likeness (QED) is 0.577. The zero-order valence-electron chi connectivity index (χ0n) is 20.9. The smallest absolute Gasteiger partial charge is 0.410 e. The van der Waals surface area contributed by atoms with E-state index in [1.807, 2.05) is 20.8 Å². The van der Waals surface area contributed by atoms with Crippen molar-refractivity contribution in [1.82, 2.24) is 15.1 Å². The van der Waals surface area contributed by atoms with E-state index in [1.54, 1.807) is 16.7 Å². The van der Waals surface area contributed by atoms with Gasteiger partial charge in [-0.1, -0.05) is 6.92 Å². The number of amides is 3. The first kappa shape index (κ1) is 26.9. The second kappa shape index (κ2) is 12.2. The predicted molar refractivity (Wildman–Crippen MR) is 123 cm³/mol. The van der Waals surface area contributed by atoms with Gasteiger partial charge in [-0.25, -0.2) is 4.79 Å². The predicted octanol–water partition coefficient (Wildman–Crippen LogP) is 2.58. The van der Waals surface area contributed by atoms with E-state index in [9.17, 15) is 19.2 Å². The summed E-state index contributed by atoms with van der Waals surface area (Å²) in [6.07, 6.45) is 4.27. The number of likely N-dealkylation sites (tertiary alicyclic amines) is 2. The molecule has 0 saturated carbocycles. The maximum Gasteiger partial charge on any atom is 0.410 e. The molecule has 0 radical (unpaired) electrons. The van der Waals surface area contributed by atoms with Crippen LogP contribution in [0.3, 0.4) is 0 Å². The topological polar surface area (TPSA) is 105 Å². The van der Waals surface area contributed by atoms with Crippen molar-refractivity contribution in [3.63, 3.8) is 0 Å². The van der Waals surface area contributed by atoms with E-state index in [0.29, 0.717) is 38.5 Å². The number of hydrogen-bond donors (Lipinski definition) is 1. The molecule has 2 rings (SSSR count). The van der Waals surface area contributed by atoms with Crippen LogP contribution in [0.5, 0.6) is 0 Å². The van der Waals surface area contributed by atoms with Gasteiger partial charge in [0, 0.05) is 39.1 Å². The second-order valence-electron chi connectivity index (χ2n) is 10.3. The van der Waals surface area contributed by atoms with Crippen LogP contribution in [0.25, 0.3) is 0 Å². The molecule has 2 aliphatic rings. The van der Waals surface area contributed by atoms with Gasteiger partial charge in [-0.2, -0.15) is 0 Å². The first-order chi connectivity index (χ1) is 15.5. The highest BCUT2D eigenvalue weighted by molar-refractivity contribution is 5.82. The van der Waals surface area contributed by atoms with Crippen LogP contribution >= 0.6 is 0 Å². The van der Waals surface area contributed by atoms with Gasteiger partial charge in [0.1, 0.15) is 5.60 Å². The molecule has 0 spiro atoms. The van der Waals surface area contributed by atoms with Crippen molar-refractivity contribution in [1.29, 1.82) is 0 Å². The Balaban J connectivity index is 1.71. The van der Waals surface area contributed by atoms with E-state index in [4.69, 9.17) is 4.74 Å². The van der Waals surface area contributed by atoms with Gasteiger partial charge in [0.2, 0.25) is 11.8 Å². The van der Waals surface area contributed by atoms with E-state index in [-0.39, 0.29) is 36.3 Å². The van der Waals surface area contributed by atoms with Gasteiger partial charge in [0.15, 0.2) is 0 Å². The van der Waals surface area contributed by atoms with E-state index in [2.05, 4.69) is 10.1 Å². The molecule has 2 heterocycles. The Morgan fingerprint density at radius 3 is 2.30 bits per heavy atom. The minimum Gasteiger partial charge on any atom is -0.469 e. The molecule has 2 atom stereocenters. The van der Waals surface area contributed by atoms with Gasteiger partial charge in [0.05, 0.1) is 18.9 Å². The highest BCUT2D eigenvalue weighted by Gasteiger charge is 2.30. The number of hydrogen-bond acceptors (Lipinski definition) is 6. The molecule has 9 nitrogen and oxygen atoms in total. The molecule has 9 heteroatoms. The van der Waals surface area contributed by atoms with Crippen LogP contribution in [0.15, 0.2) is 0 Å². The Morgan fingerprint density at radius 1 is 1.03 bits per heavy atom. The molecule has 3 amide bonds. The van der Waals surface area contributed by atoms with Crippen LogP contribution in [0.1, 0.15) is 66.2 Å². The summed E-state index contributed by atoms with van der Waals surface area (Å²) in [5.74, 6) is -0.613. The third-order valence-electron chi connectivity index (χ3n) is 6.36. The third-order valence-corrected chi connectivity index (χ3v) is 6.36. The highest BCUT2D eigenvalue weighted by Crippen LogP contribution is 2.25. The fourth-order valence-electron chi connectivity index (χ4n) is 4.32. The zero-order valence-corrected chi connectivity index (χ0v) is 20.9. The first-order valence-electron chi connectivity index (χ1n) is 12.1. The van der Waals surface area contributed by atoms with Crippen LogP contribution in [-0.2, 0) is 23.9 Å². The van der Waals surface area contributed by atoms with Crippen molar-refractivity contribution in [2.75, 3.05) is 39.8 Å². The SMILES string of the molecule is COC(=O)[C@H](C)CNC(=O)[C@@H]1CCCN(C(=O)CCC2CCN(C(=O)OC(C)(C)C)CC2)C1. The average molecular weight is 468 g/mol. The number of methoxy groups -OCH3 is 1. The Hall–Kier alpha value is -2.32. The first-order valence-corrected chi connectivity index (χ1v) is 12.1. The van der Waals surface area contributed by atoms with E-state index >= 15 is 0 Å². The monoisotopic (exact) mass is 467 g/mol. The molecule has 0 aromatic heterocycles. The van der Waals surface area contributed by atoms with E-state index in [0.717, 1.165) is 32.1 Å². The fraction of sp³-hybridized carbons (Fsp3) is 0.833. The maximum absolute atomic E-state index is 12.8. The summed E-state index contributed by atoms with van der Waals surface area (Å²) in [5.41, 5.74) is -0.497. The zero-order chi connectivity index (χ0) is 24.6. The van der Waals surface area contributed by atoms with Crippen molar-refractivity contribution in [2.45, 2.75) is 71.8 Å². The molecule has 33 heavy (non-hydrogen) atoms. The average Bonchev–Trinajstić information content (AvgIpc) is 2.79. The summed E-state index contributed by atoms with van der Waals surface area (Å²) in [4.78, 5) is 52.5. The summed E-state index contributed by atoms with van der Waals surface area (Å²) < 4.78 is 10.1. The van der Waals surface area contributed by atoms with Gasteiger partial charge in [0.25, 0.3) is 0 Å². The Kier molecular flexibility index (Phi) is 9.98. The molecule has 2 fully saturated rings. The summed E-state index contributed by atoms with van der Waals surface area (Å²) in [5, 5.41) is 2.82. The lowest BCUT2D eigenvalue weighted by atomic mass is 9.91. The van der Waals surface area contributed by atoms with Crippen LogP contribution < -0.4 is 5.32 Å². The number of ether oxygens (including phenoxy) is 2. The van der Waals surface area contributed by atoms with Gasteiger partial charge in [-0.3, -0.25) is 14.4 Å². The van der Waals surface area contributed by atoms with Crippen LogP contribution in [-0.4, -0.2) is 79.1 Å². The van der Waals surface area contributed by atoms with Crippen molar-refractivity contribution >= 4 is 23.9 Å². The standard InChI is InChI=1S/C24H41N3O6/c1-17(22(30)32-5)15-25-21(29)19-7-6-12-27(16-19)20(28)9-8-18-10-13-26(14-11-18)23(31)33-24(2,3)4/h17-19H,6-16H2,1-5H3,(H,25,29)/t17-,19-/m1/s1. The molecule has 2 saturated heterocycles. The number of rotatable bonds is 7. The Labute approximate surface area is 197 Å². The minimum absolute atomic E-state index is 0.0880. The second-order valence-corrected chi connectivity index (χ2v) is 10.3. The van der Waals surface area contributed by atoms with Crippen molar-refractivity contribution in [3.05, 3.63) is 0 Å². The molecule has 2 aliphatic heterocycles. The fourth-order valence-corrected chi connectivity index (χ4v) is 4.32. The van der Waals surface area contributed by atoms with Gasteiger partial charge in [-0.05, 0) is 58.8 Å². The lowest BCUT2D eigenvalue weighted by Gasteiger charge is -2.34. The number of carbonyl (C=O) groups excluding carboxylic acids is 4. The third kappa shape index (κ3) is 8.85. The number of nitrogens with zero attached hydrogens (tertiary/aromatic N) is 2. The molecule has 1 N–H and O–H groups in total. The van der Waals surface area contributed by atoms with Gasteiger partial charge in [-0.15, -0.1) is 0 Å². The van der Waals surface area contributed by atoms with E-state index in [1.165, 1.54) is 7.11 Å². The van der Waals surface area contributed by atoms with E-state index < -0.39 is 11.5 Å². The van der Waals surface area contributed by atoms with Crippen LogP contribution in [0.2, 0.25) is 0 Å². The summed E-state index contributed by atoms with van der Waals surface area (Å²) >= 11 is 0. The Bertz CT molecular complexity index is 697. The lowest BCUT2D eigenvalue weighted by Crippen LogP contribution is -2.46. The molecular formula is C24H41N3O6. The summed E-state index contributed by atoms with van der Waals surface area (Å²) in [6, 6.07) is 0. The van der Waals surface area contributed by atoms with Crippen molar-refractivity contribution in [3.8, 4) is 0 Å². The molecule has 0 unspecified atom stereocenters. The number of carbonyl (C=O) groups is 4. The number of esters is 1. The molecule has 0 bridgehead atoms. The van der Waals surface area contributed by atoms with Gasteiger partial charge < -0.3 is 24.6 Å². The van der Waals surface area contributed by atoms with Gasteiger partial charge >= 0.3 is 12.1 Å². The number of nitrogens with one attached hydrogen (secondary N) is 1. The minimum atomic E-state index is -0.497. The largest absolute Gasteiger partial charge is 0.469 e. The number of piperidine rings is 2.